The van der Waals surface area contributed by atoms with Crippen LogP contribution in [0.25, 0.3) is 0 Å². The number of carbonyl (C=O) groups is 1. The first-order valence-electron chi connectivity index (χ1n) is 11.0. The van der Waals surface area contributed by atoms with E-state index in [1.807, 2.05) is 19.1 Å². The highest BCUT2D eigenvalue weighted by molar-refractivity contribution is 7.93. The zero-order valence-corrected chi connectivity index (χ0v) is 21.3. The zero-order valence-electron chi connectivity index (χ0n) is 20.5. The van der Waals surface area contributed by atoms with Crippen LogP contribution in [0.2, 0.25) is 0 Å². The quantitative estimate of drug-likeness (QED) is 0.445. The van der Waals surface area contributed by atoms with E-state index in [4.69, 9.17) is 14.2 Å². The number of amides is 1. The molecule has 3 aromatic rings. The molecule has 35 heavy (non-hydrogen) atoms. The average Bonchev–Trinajstić information content (AvgIpc) is 2.87. The van der Waals surface area contributed by atoms with Gasteiger partial charge in [0.1, 0.15) is 28.7 Å². The summed E-state index contributed by atoms with van der Waals surface area (Å²) in [5.41, 5.74) is 2.55. The van der Waals surface area contributed by atoms with Crippen LogP contribution in [0.4, 0.5) is 11.4 Å². The molecule has 0 spiro atoms. The Hall–Kier alpha value is -3.72. The van der Waals surface area contributed by atoms with Gasteiger partial charge < -0.3 is 19.5 Å². The molecule has 9 heteroatoms. The van der Waals surface area contributed by atoms with Gasteiger partial charge in [-0.2, -0.15) is 0 Å². The van der Waals surface area contributed by atoms with E-state index in [0.29, 0.717) is 22.9 Å². The Morgan fingerprint density at radius 1 is 0.886 bits per heavy atom. The lowest BCUT2D eigenvalue weighted by molar-refractivity contribution is -0.114. The molecule has 3 aromatic carbocycles. The first kappa shape index (κ1) is 25.9. The van der Waals surface area contributed by atoms with Crippen LogP contribution in [0, 0.1) is 6.92 Å². The molecule has 0 aliphatic heterocycles. The fourth-order valence-corrected chi connectivity index (χ4v) is 5.20. The molecule has 0 radical (unpaired) electrons. The van der Waals surface area contributed by atoms with E-state index in [1.54, 1.807) is 49.4 Å². The molecule has 0 bridgehead atoms. The van der Waals surface area contributed by atoms with E-state index in [0.717, 1.165) is 21.9 Å². The minimum Gasteiger partial charge on any atom is -0.497 e. The fraction of sp³-hybridized carbons (Fsp3) is 0.269. The predicted octanol–water partition coefficient (Wildman–Crippen LogP) is 4.42. The molecule has 0 saturated carbocycles. The molecule has 8 nitrogen and oxygen atoms in total. The van der Waals surface area contributed by atoms with Crippen molar-refractivity contribution in [2.75, 3.05) is 37.5 Å². The van der Waals surface area contributed by atoms with E-state index in [1.165, 1.54) is 27.4 Å². The van der Waals surface area contributed by atoms with Crippen LogP contribution in [-0.4, -0.2) is 42.2 Å². The standard InChI is InChI=1S/C26H30N2O6S/c1-6-19-8-10-20(11-9-19)28(35(30,31)25-15-18(2)7-14-23(25)33-4)17-26(29)27-22-13-12-21(32-3)16-24(22)34-5/h7-16H,6,17H2,1-5H3,(H,27,29). The van der Waals surface area contributed by atoms with Crippen LogP contribution in [0.1, 0.15) is 18.1 Å². The Morgan fingerprint density at radius 2 is 1.57 bits per heavy atom. The highest BCUT2D eigenvalue weighted by atomic mass is 32.2. The van der Waals surface area contributed by atoms with Crippen molar-refractivity contribution in [2.24, 2.45) is 0 Å². The van der Waals surface area contributed by atoms with Gasteiger partial charge in [-0.3, -0.25) is 9.10 Å². The summed E-state index contributed by atoms with van der Waals surface area (Å²) < 4.78 is 44.6. The number of nitrogens with one attached hydrogen (secondary N) is 1. The van der Waals surface area contributed by atoms with Crippen molar-refractivity contribution >= 4 is 27.3 Å². The zero-order chi connectivity index (χ0) is 25.6. The number of nitrogens with zero attached hydrogens (tertiary/aromatic N) is 1. The third-order valence-electron chi connectivity index (χ3n) is 5.49. The normalized spacial score (nSPS) is 11.0. The molecule has 0 atom stereocenters. The molecule has 1 amide bonds. The highest BCUT2D eigenvalue weighted by Crippen LogP contribution is 2.32. The van der Waals surface area contributed by atoms with Crippen molar-refractivity contribution in [2.45, 2.75) is 25.2 Å². The van der Waals surface area contributed by atoms with Gasteiger partial charge in [-0.1, -0.05) is 25.1 Å². The number of anilines is 2. The van der Waals surface area contributed by atoms with Gasteiger partial charge >= 0.3 is 0 Å². The first-order valence-corrected chi connectivity index (χ1v) is 12.5. The Bertz CT molecular complexity index is 1290. The van der Waals surface area contributed by atoms with Gasteiger partial charge in [0, 0.05) is 6.07 Å². The minimum absolute atomic E-state index is 0.0191. The maximum atomic E-state index is 13.8. The third-order valence-corrected chi connectivity index (χ3v) is 7.28. The van der Waals surface area contributed by atoms with Crippen LogP contribution in [0.15, 0.2) is 65.6 Å². The summed E-state index contributed by atoms with van der Waals surface area (Å²) in [6.07, 6.45) is 0.802. The highest BCUT2D eigenvalue weighted by Gasteiger charge is 2.30. The van der Waals surface area contributed by atoms with Crippen LogP contribution in [-0.2, 0) is 21.2 Å². The summed E-state index contributed by atoms with van der Waals surface area (Å²) in [6.45, 7) is 3.35. The Kier molecular flexibility index (Phi) is 8.24. The first-order chi connectivity index (χ1) is 16.7. The molecule has 186 valence electrons. The van der Waals surface area contributed by atoms with Crippen molar-refractivity contribution in [3.8, 4) is 17.2 Å². The van der Waals surface area contributed by atoms with Gasteiger partial charge in [0.2, 0.25) is 5.91 Å². The second kappa shape index (κ2) is 11.1. The number of hydrogen-bond donors (Lipinski definition) is 1. The second-order valence-corrected chi connectivity index (χ2v) is 9.63. The van der Waals surface area contributed by atoms with Crippen molar-refractivity contribution in [3.63, 3.8) is 0 Å². The number of methoxy groups -OCH3 is 3. The monoisotopic (exact) mass is 498 g/mol. The molecule has 0 fully saturated rings. The Balaban J connectivity index is 2.01. The number of benzene rings is 3. The molecule has 3 rings (SSSR count). The lowest BCUT2D eigenvalue weighted by atomic mass is 10.1. The van der Waals surface area contributed by atoms with Crippen LogP contribution >= 0.6 is 0 Å². The number of carbonyl (C=O) groups excluding carboxylic acids is 1. The number of ether oxygens (including phenoxy) is 3. The summed E-state index contributed by atoms with van der Waals surface area (Å²) in [6, 6.07) is 16.9. The molecule has 0 aliphatic carbocycles. The lowest BCUT2D eigenvalue weighted by Crippen LogP contribution is -2.38. The number of aryl methyl sites for hydroxylation is 2. The van der Waals surface area contributed by atoms with Crippen molar-refractivity contribution in [1.82, 2.24) is 0 Å². The van der Waals surface area contributed by atoms with E-state index < -0.39 is 22.5 Å². The smallest absolute Gasteiger partial charge is 0.268 e. The summed E-state index contributed by atoms with van der Waals surface area (Å²) in [5, 5.41) is 2.74. The second-order valence-electron chi connectivity index (χ2n) is 7.80. The fourth-order valence-electron chi connectivity index (χ4n) is 3.54. The summed E-state index contributed by atoms with van der Waals surface area (Å²) >= 11 is 0. The maximum Gasteiger partial charge on any atom is 0.268 e. The van der Waals surface area contributed by atoms with Crippen LogP contribution in [0.5, 0.6) is 17.2 Å². The van der Waals surface area contributed by atoms with Gasteiger partial charge in [-0.05, 0) is 60.9 Å². The number of hydrogen-bond acceptors (Lipinski definition) is 6. The molecular formula is C26H30N2O6S. The summed E-state index contributed by atoms with van der Waals surface area (Å²) in [7, 11) is 0.253. The molecule has 0 heterocycles. The van der Waals surface area contributed by atoms with Crippen molar-refractivity contribution < 1.29 is 27.4 Å². The van der Waals surface area contributed by atoms with Crippen molar-refractivity contribution in [1.29, 1.82) is 0 Å². The summed E-state index contributed by atoms with van der Waals surface area (Å²) in [4.78, 5) is 13.1. The molecule has 0 unspecified atom stereocenters. The van der Waals surface area contributed by atoms with Crippen LogP contribution < -0.4 is 23.8 Å². The van der Waals surface area contributed by atoms with Crippen molar-refractivity contribution in [3.05, 3.63) is 71.8 Å². The van der Waals surface area contributed by atoms with Gasteiger partial charge in [-0.15, -0.1) is 0 Å². The SMILES string of the molecule is CCc1ccc(N(CC(=O)Nc2ccc(OC)cc2OC)S(=O)(=O)c2cc(C)ccc2OC)cc1. The van der Waals surface area contributed by atoms with Gasteiger partial charge in [0.15, 0.2) is 0 Å². The average molecular weight is 499 g/mol. The molecule has 0 aliphatic rings. The molecule has 1 N–H and O–H groups in total. The topological polar surface area (TPSA) is 94.2 Å². The van der Waals surface area contributed by atoms with E-state index in [9.17, 15) is 13.2 Å². The Morgan fingerprint density at radius 3 is 2.17 bits per heavy atom. The minimum atomic E-state index is -4.16. The number of sulfonamides is 1. The van der Waals surface area contributed by atoms with Gasteiger partial charge in [0.25, 0.3) is 10.0 Å². The van der Waals surface area contributed by atoms with E-state index >= 15 is 0 Å². The lowest BCUT2D eigenvalue weighted by Gasteiger charge is -2.25. The van der Waals surface area contributed by atoms with Crippen LogP contribution in [0.3, 0.4) is 0 Å². The molecular weight excluding hydrogens is 468 g/mol. The third kappa shape index (κ3) is 5.86. The van der Waals surface area contributed by atoms with E-state index in [2.05, 4.69) is 5.32 Å². The maximum absolute atomic E-state index is 13.8. The van der Waals surface area contributed by atoms with E-state index in [-0.39, 0.29) is 10.6 Å². The predicted molar refractivity (Wildman–Crippen MR) is 136 cm³/mol. The largest absolute Gasteiger partial charge is 0.497 e. The summed E-state index contributed by atoms with van der Waals surface area (Å²) in [5.74, 6) is 0.609. The number of rotatable bonds is 10. The van der Waals surface area contributed by atoms with Gasteiger partial charge in [-0.25, -0.2) is 8.42 Å². The van der Waals surface area contributed by atoms with Gasteiger partial charge in [0.05, 0.1) is 32.7 Å². The Labute approximate surface area is 206 Å². The molecule has 0 saturated heterocycles. The molecule has 0 aromatic heterocycles.